The van der Waals surface area contributed by atoms with Crippen LogP contribution in [0.25, 0.3) is 0 Å². The number of hydrogen-bond acceptors (Lipinski definition) is 5. The summed E-state index contributed by atoms with van der Waals surface area (Å²) in [4.78, 5) is 14.3. The molecule has 2 aromatic heterocycles. The predicted octanol–water partition coefficient (Wildman–Crippen LogP) is 5.26. The van der Waals surface area contributed by atoms with E-state index >= 15 is 0 Å². The Hall–Kier alpha value is -2.25. The summed E-state index contributed by atoms with van der Waals surface area (Å²) >= 11 is 0. The van der Waals surface area contributed by atoms with Gasteiger partial charge in [-0.25, -0.2) is 4.98 Å². The zero-order chi connectivity index (χ0) is 20.3. The molecule has 0 spiro atoms. The highest BCUT2D eigenvalue weighted by molar-refractivity contribution is 5.24. The van der Waals surface area contributed by atoms with Gasteiger partial charge < -0.3 is 5.73 Å². The second kappa shape index (κ2) is 11.5. The molecule has 0 radical (unpaired) electrons. The molecule has 1 saturated carbocycles. The Morgan fingerprint density at radius 1 is 1.00 bits per heavy atom. The van der Waals surface area contributed by atoms with Crippen molar-refractivity contribution in [2.75, 3.05) is 5.73 Å². The maximum Gasteiger partial charge on any atom is 0.434 e. The van der Waals surface area contributed by atoms with Crippen molar-refractivity contribution in [3.63, 3.8) is 0 Å². The van der Waals surface area contributed by atoms with Crippen LogP contribution in [0.3, 0.4) is 0 Å². The van der Waals surface area contributed by atoms with Gasteiger partial charge in [-0.15, -0.1) is 0 Å². The minimum Gasteiger partial charge on any atom is -0.382 e. The molecule has 2 aromatic rings. The third-order valence-corrected chi connectivity index (χ3v) is 4.01. The van der Waals surface area contributed by atoms with Gasteiger partial charge >= 0.3 is 6.18 Å². The summed E-state index contributed by atoms with van der Waals surface area (Å²) in [5.74, 6) is 1.28. The van der Waals surface area contributed by atoms with E-state index in [2.05, 4.69) is 40.7 Å². The number of nitrogen functional groups attached to an aromatic ring is 1. The standard InChI is InChI=1S/C7H10N2.C7H14.C5H4F3N3/c1-6(2)7-5-8-3-4-9-7;1-7-5-3-2-4-6-7;6-5(7,8)3-1-10-2-4(9)11-3/h3-6H,1-2H3;7H,2-6H2,1H3;1-2H,(H2,9,11). The van der Waals surface area contributed by atoms with Crippen LogP contribution < -0.4 is 5.73 Å². The van der Waals surface area contributed by atoms with Crippen molar-refractivity contribution < 1.29 is 13.2 Å². The largest absolute Gasteiger partial charge is 0.434 e. The van der Waals surface area contributed by atoms with Crippen LogP contribution in [0.4, 0.5) is 19.0 Å². The summed E-state index contributed by atoms with van der Waals surface area (Å²) in [5.41, 5.74) is 4.96. The minimum atomic E-state index is -4.47. The number of halogens is 3. The summed E-state index contributed by atoms with van der Waals surface area (Å²) in [5, 5.41) is 0. The molecule has 3 rings (SSSR count). The van der Waals surface area contributed by atoms with Crippen molar-refractivity contribution in [3.05, 3.63) is 42.4 Å². The zero-order valence-corrected chi connectivity index (χ0v) is 16.1. The number of anilines is 1. The van der Waals surface area contributed by atoms with Gasteiger partial charge in [-0.05, 0) is 11.8 Å². The third-order valence-electron chi connectivity index (χ3n) is 4.01. The van der Waals surface area contributed by atoms with Crippen LogP contribution in [-0.2, 0) is 6.18 Å². The number of nitrogens with zero attached hydrogens (tertiary/aromatic N) is 4. The van der Waals surface area contributed by atoms with Crippen molar-refractivity contribution in [1.82, 2.24) is 19.9 Å². The SMILES string of the molecule is CC(C)c1cnccn1.CC1CCCCC1.Nc1cncc(C(F)(F)F)n1. The molecule has 1 aliphatic rings. The van der Waals surface area contributed by atoms with E-state index in [4.69, 9.17) is 5.73 Å². The second-order valence-corrected chi connectivity index (χ2v) is 6.86. The Bertz CT molecular complexity index is 641. The van der Waals surface area contributed by atoms with Crippen molar-refractivity contribution in [2.24, 2.45) is 5.92 Å². The molecule has 0 unspecified atom stereocenters. The highest BCUT2D eigenvalue weighted by atomic mass is 19.4. The topological polar surface area (TPSA) is 77.6 Å². The van der Waals surface area contributed by atoms with Gasteiger partial charge in [0, 0.05) is 18.6 Å². The molecule has 150 valence electrons. The lowest BCUT2D eigenvalue weighted by molar-refractivity contribution is -0.141. The molecule has 27 heavy (non-hydrogen) atoms. The summed E-state index contributed by atoms with van der Waals surface area (Å²) < 4.78 is 35.4. The van der Waals surface area contributed by atoms with Gasteiger partial charge in [0.25, 0.3) is 0 Å². The van der Waals surface area contributed by atoms with Crippen molar-refractivity contribution in [2.45, 2.75) is 65.0 Å². The molecule has 0 aromatic carbocycles. The van der Waals surface area contributed by atoms with Crippen LogP contribution in [0.1, 0.15) is 70.2 Å². The number of alkyl halides is 3. The lowest BCUT2D eigenvalue weighted by atomic mass is 9.91. The zero-order valence-electron chi connectivity index (χ0n) is 16.1. The van der Waals surface area contributed by atoms with E-state index in [0.29, 0.717) is 12.1 Å². The quantitative estimate of drug-likeness (QED) is 0.726. The average molecular weight is 383 g/mol. The molecule has 2 N–H and O–H groups in total. The average Bonchev–Trinajstić information content (AvgIpc) is 2.63. The van der Waals surface area contributed by atoms with E-state index in [-0.39, 0.29) is 5.82 Å². The second-order valence-electron chi connectivity index (χ2n) is 6.86. The molecule has 5 nitrogen and oxygen atoms in total. The number of aromatic nitrogens is 4. The normalized spacial score (nSPS) is 14.6. The van der Waals surface area contributed by atoms with Gasteiger partial charge in [0.1, 0.15) is 5.82 Å². The molecule has 1 fully saturated rings. The lowest BCUT2D eigenvalue weighted by Gasteiger charge is -2.15. The van der Waals surface area contributed by atoms with Gasteiger partial charge in [0.05, 0.1) is 18.1 Å². The van der Waals surface area contributed by atoms with Gasteiger partial charge in [-0.1, -0.05) is 52.9 Å². The van der Waals surface area contributed by atoms with Crippen molar-refractivity contribution in [1.29, 1.82) is 0 Å². The van der Waals surface area contributed by atoms with Crippen molar-refractivity contribution in [3.8, 4) is 0 Å². The first-order valence-corrected chi connectivity index (χ1v) is 9.10. The maximum atomic E-state index is 11.8. The van der Waals surface area contributed by atoms with Gasteiger partial charge in [-0.3, -0.25) is 15.0 Å². The molecule has 1 aliphatic carbocycles. The Morgan fingerprint density at radius 2 is 1.67 bits per heavy atom. The van der Waals surface area contributed by atoms with E-state index in [0.717, 1.165) is 17.8 Å². The first-order valence-electron chi connectivity index (χ1n) is 9.10. The smallest absolute Gasteiger partial charge is 0.382 e. The molecular formula is C19H28F3N5. The van der Waals surface area contributed by atoms with E-state index in [1.807, 2.05) is 0 Å². The third kappa shape index (κ3) is 9.86. The monoisotopic (exact) mass is 383 g/mol. The summed E-state index contributed by atoms with van der Waals surface area (Å²) in [6, 6.07) is 0. The molecule has 2 heterocycles. The fraction of sp³-hybridized carbons (Fsp3) is 0.579. The first kappa shape index (κ1) is 22.8. The van der Waals surface area contributed by atoms with E-state index in [1.54, 1.807) is 18.6 Å². The maximum absolute atomic E-state index is 11.8. The lowest BCUT2D eigenvalue weighted by Crippen LogP contribution is -2.09. The van der Waals surface area contributed by atoms with E-state index in [9.17, 15) is 13.2 Å². The highest BCUT2D eigenvalue weighted by Gasteiger charge is 2.32. The van der Waals surface area contributed by atoms with Crippen LogP contribution in [-0.4, -0.2) is 19.9 Å². The first-order chi connectivity index (χ1) is 12.7. The molecule has 0 saturated heterocycles. The van der Waals surface area contributed by atoms with Crippen LogP contribution in [0.2, 0.25) is 0 Å². The molecule has 8 heteroatoms. The molecule has 0 aliphatic heterocycles. The fourth-order valence-corrected chi connectivity index (χ4v) is 2.43. The van der Waals surface area contributed by atoms with Crippen molar-refractivity contribution >= 4 is 5.82 Å². The van der Waals surface area contributed by atoms with Crippen LogP contribution in [0, 0.1) is 5.92 Å². The molecular weight excluding hydrogens is 355 g/mol. The number of hydrogen-bond donors (Lipinski definition) is 1. The molecule has 0 amide bonds. The summed E-state index contributed by atoms with van der Waals surface area (Å²) in [6.07, 6.45) is 9.84. The fourth-order valence-electron chi connectivity index (χ4n) is 2.43. The van der Waals surface area contributed by atoms with Crippen LogP contribution in [0.5, 0.6) is 0 Å². The van der Waals surface area contributed by atoms with E-state index in [1.165, 1.54) is 32.1 Å². The summed E-state index contributed by atoms with van der Waals surface area (Å²) in [6.45, 7) is 6.56. The molecule has 0 bridgehead atoms. The Labute approximate surface area is 158 Å². The summed E-state index contributed by atoms with van der Waals surface area (Å²) in [7, 11) is 0. The van der Waals surface area contributed by atoms with Crippen LogP contribution >= 0.6 is 0 Å². The predicted molar refractivity (Wildman–Crippen MR) is 99.8 cm³/mol. The van der Waals surface area contributed by atoms with Gasteiger partial charge in [-0.2, -0.15) is 13.2 Å². The van der Waals surface area contributed by atoms with Gasteiger partial charge in [0.15, 0.2) is 5.69 Å². The number of rotatable bonds is 1. The Kier molecular flexibility index (Phi) is 9.67. The molecule has 0 atom stereocenters. The van der Waals surface area contributed by atoms with Gasteiger partial charge in [0.2, 0.25) is 0 Å². The Balaban J connectivity index is 0.000000208. The highest BCUT2D eigenvalue weighted by Crippen LogP contribution is 2.26. The number of nitrogens with two attached hydrogens (primary N) is 1. The minimum absolute atomic E-state index is 0.236. The van der Waals surface area contributed by atoms with E-state index < -0.39 is 11.9 Å². The Morgan fingerprint density at radius 3 is 2.00 bits per heavy atom. The van der Waals surface area contributed by atoms with Crippen LogP contribution in [0.15, 0.2) is 31.0 Å².